The molecule has 0 aromatic heterocycles. The molecule has 0 aliphatic carbocycles. The van der Waals surface area contributed by atoms with E-state index in [0.29, 0.717) is 25.2 Å². The van der Waals surface area contributed by atoms with E-state index in [0.717, 1.165) is 26.2 Å². The van der Waals surface area contributed by atoms with Gasteiger partial charge >= 0.3 is 18.4 Å². The minimum absolute atomic E-state index is 0.0275. The van der Waals surface area contributed by atoms with Crippen LogP contribution in [0.2, 0.25) is 0 Å². The van der Waals surface area contributed by atoms with Gasteiger partial charge in [0.15, 0.2) is 0 Å². The molecule has 0 unspecified atom stereocenters. The zero-order valence-corrected chi connectivity index (χ0v) is 14.1. The molecule has 1 aromatic carbocycles. The van der Waals surface area contributed by atoms with Gasteiger partial charge in [0.1, 0.15) is 0 Å². The van der Waals surface area contributed by atoms with Crippen molar-refractivity contribution in [1.82, 2.24) is 15.1 Å². The van der Waals surface area contributed by atoms with E-state index in [-0.39, 0.29) is 12.1 Å². The largest absolute Gasteiger partial charge is 0.416 e. The Balaban J connectivity index is 1.67. The predicted octanol–water partition coefficient (Wildman–Crippen LogP) is 2.85. The second-order valence-electron chi connectivity index (χ2n) is 6.57. The molecule has 11 heteroatoms. The lowest BCUT2D eigenvalue weighted by Crippen LogP contribution is -2.64. The summed E-state index contributed by atoms with van der Waals surface area (Å²) in [6.07, 6.45) is -9.91. The molecule has 2 amide bonds. The van der Waals surface area contributed by atoms with Crippen LogP contribution in [0.3, 0.4) is 0 Å². The van der Waals surface area contributed by atoms with Crippen molar-refractivity contribution in [2.24, 2.45) is 0 Å². The highest BCUT2D eigenvalue weighted by Gasteiger charge is 2.38. The van der Waals surface area contributed by atoms with E-state index in [1.807, 2.05) is 0 Å². The van der Waals surface area contributed by atoms with Gasteiger partial charge in [-0.15, -0.1) is 0 Å². The molecule has 0 saturated carbocycles. The predicted molar refractivity (Wildman–Crippen MR) is 85.3 cm³/mol. The minimum Gasteiger partial charge on any atom is -0.321 e. The quantitative estimate of drug-likeness (QED) is 0.756. The van der Waals surface area contributed by atoms with Crippen LogP contribution in [0.5, 0.6) is 0 Å². The number of hydrogen-bond donors (Lipinski definition) is 2. The third-order valence-electron chi connectivity index (χ3n) is 4.66. The molecule has 0 atom stereocenters. The molecule has 3 rings (SSSR count). The number of nitrogens with zero attached hydrogens (tertiary/aromatic N) is 2. The number of halogens is 6. The molecule has 2 aliphatic rings. The van der Waals surface area contributed by atoms with Crippen LogP contribution in [0.25, 0.3) is 0 Å². The first-order valence-corrected chi connectivity index (χ1v) is 8.34. The molecular weight excluding hydrogens is 378 g/mol. The molecular formula is C16H18F6N4O. The Labute approximate surface area is 151 Å². The molecule has 150 valence electrons. The molecule has 2 N–H and O–H groups in total. The van der Waals surface area contributed by atoms with Gasteiger partial charge in [-0.25, -0.2) is 4.79 Å². The summed E-state index contributed by atoms with van der Waals surface area (Å²) >= 11 is 0. The molecule has 2 aliphatic heterocycles. The summed E-state index contributed by atoms with van der Waals surface area (Å²) in [5.41, 5.74) is -3.46. The summed E-state index contributed by atoms with van der Waals surface area (Å²) in [5.74, 6) is 0. The Kier molecular flexibility index (Phi) is 5.26. The van der Waals surface area contributed by atoms with Gasteiger partial charge in [0.05, 0.1) is 11.1 Å². The number of piperazine rings is 1. The van der Waals surface area contributed by atoms with Gasteiger partial charge in [-0.05, 0) is 18.2 Å². The van der Waals surface area contributed by atoms with E-state index >= 15 is 0 Å². The van der Waals surface area contributed by atoms with E-state index in [1.165, 1.54) is 4.90 Å². The molecule has 5 nitrogen and oxygen atoms in total. The number of rotatable bonds is 2. The third kappa shape index (κ3) is 4.64. The minimum atomic E-state index is -4.95. The van der Waals surface area contributed by atoms with Crippen LogP contribution in [0.15, 0.2) is 18.2 Å². The lowest BCUT2D eigenvalue weighted by atomic mass is 10.1. The fourth-order valence-corrected chi connectivity index (χ4v) is 3.13. The average molecular weight is 396 g/mol. The Hall–Kier alpha value is -2.01. The van der Waals surface area contributed by atoms with Crippen molar-refractivity contribution in [3.05, 3.63) is 29.3 Å². The molecule has 27 heavy (non-hydrogen) atoms. The van der Waals surface area contributed by atoms with Crippen LogP contribution in [0.4, 0.5) is 36.8 Å². The number of urea groups is 1. The number of nitrogens with one attached hydrogen (secondary N) is 2. The van der Waals surface area contributed by atoms with Crippen LogP contribution < -0.4 is 10.6 Å². The monoisotopic (exact) mass is 396 g/mol. The summed E-state index contributed by atoms with van der Waals surface area (Å²) in [4.78, 5) is 15.7. The Morgan fingerprint density at radius 3 is 1.96 bits per heavy atom. The molecule has 1 aromatic rings. The summed E-state index contributed by atoms with van der Waals surface area (Å²) in [7, 11) is 0. The fourth-order valence-electron chi connectivity index (χ4n) is 3.13. The molecule has 0 radical (unpaired) electrons. The number of benzene rings is 1. The van der Waals surface area contributed by atoms with Gasteiger partial charge in [-0.1, -0.05) is 0 Å². The molecule has 2 saturated heterocycles. The van der Waals surface area contributed by atoms with Crippen molar-refractivity contribution >= 4 is 11.7 Å². The second kappa shape index (κ2) is 7.19. The molecule has 0 spiro atoms. The van der Waals surface area contributed by atoms with Crippen molar-refractivity contribution in [2.45, 2.75) is 18.4 Å². The standard InChI is InChI=1S/C16H18F6N4O/c17-15(18,19)10-5-11(16(20,21)22)7-12(6-10)24-14(27)26-8-13(9-26)25-3-1-23-2-4-25/h5-7,13,23H,1-4,8-9H2,(H,24,27). The van der Waals surface area contributed by atoms with Crippen molar-refractivity contribution in [3.63, 3.8) is 0 Å². The first kappa shape index (κ1) is 19.7. The SMILES string of the molecule is O=C(Nc1cc(C(F)(F)F)cc(C(F)(F)F)c1)N1CC(N2CCNCC2)C1. The normalized spacial score (nSPS) is 19.7. The van der Waals surface area contributed by atoms with Gasteiger partial charge in [0.25, 0.3) is 0 Å². The highest BCUT2D eigenvalue weighted by molar-refractivity contribution is 5.90. The maximum atomic E-state index is 12.9. The number of amides is 2. The average Bonchev–Trinajstić information content (AvgIpc) is 2.52. The Bertz CT molecular complexity index is 661. The first-order chi connectivity index (χ1) is 12.5. The first-order valence-electron chi connectivity index (χ1n) is 8.34. The lowest BCUT2D eigenvalue weighted by molar-refractivity contribution is -0.143. The van der Waals surface area contributed by atoms with Crippen molar-refractivity contribution < 1.29 is 31.1 Å². The maximum Gasteiger partial charge on any atom is 0.416 e. The van der Waals surface area contributed by atoms with E-state index in [9.17, 15) is 31.1 Å². The van der Waals surface area contributed by atoms with Crippen molar-refractivity contribution in [3.8, 4) is 0 Å². The van der Waals surface area contributed by atoms with Gasteiger partial charge in [0.2, 0.25) is 0 Å². The van der Waals surface area contributed by atoms with Crippen LogP contribution >= 0.6 is 0 Å². The van der Waals surface area contributed by atoms with Gasteiger partial charge < -0.3 is 15.5 Å². The number of carbonyl (C=O) groups is 1. The summed E-state index contributed by atoms with van der Waals surface area (Å²) < 4.78 is 77.2. The number of anilines is 1. The van der Waals surface area contributed by atoms with Crippen LogP contribution in [-0.4, -0.2) is 61.1 Å². The van der Waals surface area contributed by atoms with Crippen LogP contribution in [-0.2, 0) is 12.4 Å². The molecule has 0 bridgehead atoms. The fraction of sp³-hybridized carbons (Fsp3) is 0.562. The topological polar surface area (TPSA) is 47.6 Å². The summed E-state index contributed by atoms with van der Waals surface area (Å²) in [6, 6.07) is 0.472. The second-order valence-corrected chi connectivity index (χ2v) is 6.57. The van der Waals surface area contributed by atoms with Crippen molar-refractivity contribution in [2.75, 3.05) is 44.6 Å². The maximum absolute atomic E-state index is 12.9. The number of carbonyl (C=O) groups excluding carboxylic acids is 1. The number of hydrogen-bond acceptors (Lipinski definition) is 3. The van der Waals surface area contributed by atoms with Gasteiger partial charge in [-0.3, -0.25) is 4.90 Å². The number of likely N-dealkylation sites (tertiary alicyclic amines) is 1. The summed E-state index contributed by atoms with van der Waals surface area (Å²) in [6.45, 7) is 4.12. The van der Waals surface area contributed by atoms with Crippen molar-refractivity contribution in [1.29, 1.82) is 0 Å². The van der Waals surface area contributed by atoms with E-state index in [1.54, 1.807) is 0 Å². The molecule has 2 fully saturated rings. The van der Waals surface area contributed by atoms with E-state index in [2.05, 4.69) is 15.5 Å². The third-order valence-corrected chi connectivity index (χ3v) is 4.66. The zero-order chi connectivity index (χ0) is 19.8. The zero-order valence-electron chi connectivity index (χ0n) is 14.1. The number of alkyl halides is 6. The Morgan fingerprint density at radius 1 is 0.963 bits per heavy atom. The highest BCUT2D eigenvalue weighted by Crippen LogP contribution is 2.37. The van der Waals surface area contributed by atoms with Gasteiger partial charge in [0, 0.05) is 51.0 Å². The Morgan fingerprint density at radius 2 is 1.48 bits per heavy atom. The van der Waals surface area contributed by atoms with E-state index < -0.39 is 35.2 Å². The van der Waals surface area contributed by atoms with Crippen LogP contribution in [0, 0.1) is 0 Å². The lowest BCUT2D eigenvalue weighted by Gasteiger charge is -2.46. The van der Waals surface area contributed by atoms with Gasteiger partial charge in [-0.2, -0.15) is 26.3 Å². The highest BCUT2D eigenvalue weighted by atomic mass is 19.4. The molecule has 2 heterocycles. The smallest absolute Gasteiger partial charge is 0.321 e. The summed E-state index contributed by atoms with van der Waals surface area (Å²) in [5, 5.41) is 5.35. The van der Waals surface area contributed by atoms with Crippen LogP contribution in [0.1, 0.15) is 11.1 Å². The van der Waals surface area contributed by atoms with E-state index in [4.69, 9.17) is 0 Å².